The van der Waals surface area contributed by atoms with Gasteiger partial charge in [0.1, 0.15) is 0 Å². The van der Waals surface area contributed by atoms with Crippen molar-refractivity contribution < 1.29 is 42.6 Å². The molecule has 0 aliphatic rings. The quantitative estimate of drug-likeness (QED) is 0.271. The molecule has 8 nitrogen and oxygen atoms in total. The molecule has 0 saturated heterocycles. The minimum absolute atomic E-state index is 0. The van der Waals surface area contributed by atoms with Gasteiger partial charge in [0.2, 0.25) is 0 Å². The molecule has 0 aliphatic heterocycles. The monoisotopic (exact) mass is 515 g/mol. The summed E-state index contributed by atoms with van der Waals surface area (Å²) in [5.74, 6) is 0. The molecule has 0 aromatic heterocycles. The van der Waals surface area contributed by atoms with Crippen LogP contribution in [0.25, 0.3) is 0 Å². The first-order chi connectivity index (χ1) is 4.00. The van der Waals surface area contributed by atoms with E-state index in [0.29, 0.717) is 0 Å². The summed E-state index contributed by atoms with van der Waals surface area (Å²) < 4.78 is 65.1. The van der Waals surface area contributed by atoms with Crippen LogP contribution in [-0.2, 0) is 24.1 Å². The maximum absolute atomic E-state index is 8.97. The summed E-state index contributed by atoms with van der Waals surface area (Å²) in [5, 5.41) is 0. The van der Waals surface area contributed by atoms with E-state index in [1.807, 2.05) is 0 Å². The zero-order valence-electron chi connectivity index (χ0n) is 4.71. The molecule has 0 spiro atoms. The van der Waals surface area contributed by atoms with E-state index >= 15 is 0 Å². The molecule has 0 rings (SSSR count). The zero-order chi connectivity index (χ0) is 9.00. The fourth-order valence-electron chi connectivity index (χ4n) is 0. The SMILES string of the molecule is [O]=[Mn](=[O])([O-])[O-].[O]=[Sb]([OH])([OH])[OH].[Pb+2]. The van der Waals surface area contributed by atoms with Crippen molar-refractivity contribution in [3.63, 3.8) is 0 Å². The third-order valence-electron chi connectivity index (χ3n) is 0. The first-order valence-corrected chi connectivity index (χ1v) is 7.79. The molecule has 0 fully saturated rings. The van der Waals surface area contributed by atoms with Crippen molar-refractivity contribution in [1.82, 2.24) is 0 Å². The van der Waals surface area contributed by atoms with E-state index in [0.717, 1.165) is 0 Å². The van der Waals surface area contributed by atoms with Crippen molar-refractivity contribution in [1.29, 1.82) is 0 Å². The van der Waals surface area contributed by atoms with Gasteiger partial charge in [0.25, 0.3) is 0 Å². The van der Waals surface area contributed by atoms with Gasteiger partial charge >= 0.3 is 89.9 Å². The summed E-state index contributed by atoms with van der Waals surface area (Å²) in [6, 6.07) is 0. The second kappa shape index (κ2) is 6.92. The van der Waals surface area contributed by atoms with E-state index in [1.165, 1.54) is 0 Å². The molecule has 67 valence electrons. The van der Waals surface area contributed by atoms with Crippen molar-refractivity contribution in [2.75, 3.05) is 0 Å². The molecule has 0 aromatic rings. The van der Waals surface area contributed by atoms with Crippen LogP contribution in [0.5, 0.6) is 0 Å². The van der Waals surface area contributed by atoms with Crippen LogP contribution in [0.2, 0.25) is 0 Å². The van der Waals surface area contributed by atoms with Crippen molar-refractivity contribution >= 4 is 47.4 Å². The van der Waals surface area contributed by atoms with Crippen LogP contribution in [-0.4, -0.2) is 57.5 Å². The Morgan fingerprint density at radius 1 is 1.09 bits per heavy atom. The minimum Gasteiger partial charge on any atom is 2.00 e. The molecule has 0 heterocycles. The Kier molecular flexibility index (Phi) is 11.5. The van der Waals surface area contributed by atoms with E-state index in [-0.39, 0.29) is 27.3 Å². The van der Waals surface area contributed by atoms with E-state index in [1.54, 1.807) is 0 Å². The third-order valence-corrected chi connectivity index (χ3v) is 0. The summed E-state index contributed by atoms with van der Waals surface area (Å²) in [7, 11) is 0. The molecule has 3 N–H and O–H groups in total. The van der Waals surface area contributed by atoms with Gasteiger partial charge in [-0.15, -0.1) is 0 Å². The van der Waals surface area contributed by atoms with Crippen molar-refractivity contribution in [2.24, 2.45) is 0 Å². The van der Waals surface area contributed by atoms with Gasteiger partial charge in [0.15, 0.2) is 0 Å². The van der Waals surface area contributed by atoms with Crippen LogP contribution in [0.4, 0.5) is 0 Å². The molecule has 0 aliphatic carbocycles. The number of rotatable bonds is 0. The molecule has 0 atom stereocenters. The van der Waals surface area contributed by atoms with Gasteiger partial charge in [-0.3, -0.25) is 0 Å². The molecule has 0 bridgehead atoms. The summed E-state index contributed by atoms with van der Waals surface area (Å²) in [4.78, 5) is 0. The van der Waals surface area contributed by atoms with Gasteiger partial charge < -0.3 is 0 Å². The van der Waals surface area contributed by atoms with Gasteiger partial charge in [-0.05, 0) is 0 Å². The van der Waals surface area contributed by atoms with Crippen LogP contribution in [0.1, 0.15) is 0 Å². The van der Waals surface area contributed by atoms with Crippen LogP contribution >= 0.6 is 0 Å². The smallest absolute Gasteiger partial charge is 2.00 e. The van der Waals surface area contributed by atoms with E-state index in [2.05, 4.69) is 0 Å². The van der Waals surface area contributed by atoms with Crippen LogP contribution < -0.4 is 8.38 Å². The summed E-state index contributed by atoms with van der Waals surface area (Å²) >= 11 is -11.0. The van der Waals surface area contributed by atoms with E-state index < -0.39 is 33.4 Å². The molecular formula is H3MnO8PbSb. The van der Waals surface area contributed by atoms with Gasteiger partial charge in [0, 0.05) is 0 Å². The fourth-order valence-corrected chi connectivity index (χ4v) is 0. The average Bonchev–Trinajstić information content (AvgIpc) is 1.12. The van der Waals surface area contributed by atoms with Crippen LogP contribution in [0, 0.1) is 0 Å². The van der Waals surface area contributed by atoms with Crippen LogP contribution in [0.15, 0.2) is 0 Å². The summed E-state index contributed by atoms with van der Waals surface area (Å²) in [6.07, 6.45) is 0. The summed E-state index contributed by atoms with van der Waals surface area (Å²) in [5.41, 5.74) is 0. The van der Waals surface area contributed by atoms with Crippen molar-refractivity contribution in [2.45, 2.75) is 0 Å². The molecule has 0 aromatic carbocycles. The topological polar surface area (TPSA) is 158 Å². The van der Waals surface area contributed by atoms with E-state index in [9.17, 15) is 0 Å². The Morgan fingerprint density at radius 3 is 1.09 bits per heavy atom. The Bertz CT molecular complexity index is 192. The molecule has 0 amide bonds. The van der Waals surface area contributed by atoms with Crippen molar-refractivity contribution in [3.05, 3.63) is 0 Å². The van der Waals surface area contributed by atoms with Crippen molar-refractivity contribution in [3.8, 4) is 0 Å². The van der Waals surface area contributed by atoms with Gasteiger partial charge in [-0.1, -0.05) is 0 Å². The first-order valence-electron chi connectivity index (χ1n) is 1.40. The second-order valence-corrected chi connectivity index (χ2v) is 5.00. The van der Waals surface area contributed by atoms with Crippen LogP contribution in [0.3, 0.4) is 0 Å². The van der Waals surface area contributed by atoms with Gasteiger partial charge in [-0.25, -0.2) is 0 Å². The van der Waals surface area contributed by atoms with Gasteiger partial charge in [-0.2, -0.15) is 0 Å². The fraction of sp³-hybridized carbons (Fsp3) is 0. The van der Waals surface area contributed by atoms with E-state index in [4.69, 9.17) is 29.2 Å². The zero-order valence-corrected chi connectivity index (χ0v) is 12.3. The standard InChI is InChI=1S/Mn.3H2O.5O.Pb.Sb/h;3*1H2;;;;;;;/q;;;;;;;2*-1;+2;+3/p-3. The maximum Gasteiger partial charge on any atom is 2.00 e. The molecule has 0 unspecified atom stereocenters. The average molecular weight is 515 g/mol. The first kappa shape index (κ1) is 18.3. The molecular weight excluding hydrogens is 512 g/mol. The van der Waals surface area contributed by atoms with Gasteiger partial charge in [0.05, 0.1) is 0 Å². The molecule has 11 heteroatoms. The predicted octanol–water partition coefficient (Wildman–Crippen LogP) is -5.17. The third kappa shape index (κ3) is 481. The summed E-state index contributed by atoms with van der Waals surface area (Å²) in [6.45, 7) is 0. The Morgan fingerprint density at radius 2 is 1.09 bits per heavy atom. The molecule has 0 saturated carbocycles. The predicted molar refractivity (Wildman–Crippen MR) is 20.2 cm³/mol. The Hall–Kier alpha value is 1.46. The largest absolute Gasteiger partial charge is 2.00 e. The number of hydrogen-bond donors (Lipinski definition) is 3. The molecule has 11 heavy (non-hydrogen) atoms. The Balaban J connectivity index is -0.000000107. The molecule has 2 radical (unpaired) electrons. The Labute approximate surface area is 89.0 Å². The maximum atomic E-state index is 8.97. The second-order valence-electron chi connectivity index (χ2n) is 0.891. The number of hydrogen-bond acceptors (Lipinski definition) is 5. The normalized spacial score (nSPS) is 10.6. The minimum atomic E-state index is -5.62.